The Morgan fingerprint density at radius 1 is 1.06 bits per heavy atom. The Hall–Kier alpha value is -3.46. The Balaban J connectivity index is 0.00000274. The highest BCUT2D eigenvalue weighted by molar-refractivity contribution is 5.94. The van der Waals surface area contributed by atoms with E-state index in [2.05, 4.69) is 15.4 Å². The Morgan fingerprint density at radius 2 is 1.79 bits per heavy atom. The van der Waals surface area contributed by atoms with E-state index in [4.69, 9.17) is 0 Å². The summed E-state index contributed by atoms with van der Waals surface area (Å²) in [6.07, 6.45) is -3.16. The van der Waals surface area contributed by atoms with E-state index >= 15 is 0 Å². The Bertz CT molecular complexity index is 1350. The molecule has 0 aliphatic heterocycles. The molecule has 0 spiro atoms. The lowest BCUT2D eigenvalue weighted by Gasteiger charge is -2.10. The summed E-state index contributed by atoms with van der Waals surface area (Å²) < 4.78 is 55.5. The molecule has 0 unspecified atom stereocenters. The highest BCUT2D eigenvalue weighted by Crippen LogP contribution is 2.43. The Kier molecular flexibility index (Phi) is 6.31. The second-order valence-corrected chi connectivity index (χ2v) is 8.01. The predicted molar refractivity (Wildman–Crippen MR) is 121 cm³/mol. The van der Waals surface area contributed by atoms with Gasteiger partial charge in [0, 0.05) is 29.1 Å². The van der Waals surface area contributed by atoms with Crippen molar-refractivity contribution in [3.63, 3.8) is 0 Å². The number of fused-ring (bicyclic) bond motifs is 1. The highest BCUT2D eigenvalue weighted by atomic mass is 35.5. The van der Waals surface area contributed by atoms with Gasteiger partial charge in [-0.1, -0.05) is 24.3 Å². The average molecular weight is 491 g/mol. The summed E-state index contributed by atoms with van der Waals surface area (Å²) in [4.78, 5) is 16.2. The predicted octanol–water partition coefficient (Wildman–Crippen LogP) is 5.81. The van der Waals surface area contributed by atoms with Gasteiger partial charge in [-0.25, -0.2) is 9.67 Å². The molecule has 2 aromatic carbocycles. The maximum Gasteiger partial charge on any atom is 0.435 e. The average Bonchev–Trinajstić information content (AvgIpc) is 3.54. The molecule has 1 aliphatic rings. The third-order valence-corrected chi connectivity index (χ3v) is 5.55. The monoisotopic (exact) mass is 490 g/mol. The number of benzene rings is 2. The molecule has 1 fully saturated rings. The van der Waals surface area contributed by atoms with E-state index in [1.807, 2.05) is 6.07 Å². The van der Waals surface area contributed by atoms with E-state index in [-0.39, 0.29) is 36.5 Å². The lowest BCUT2D eigenvalue weighted by atomic mass is 10.1. The van der Waals surface area contributed by atoms with Gasteiger partial charge in [0.25, 0.3) is 5.91 Å². The van der Waals surface area contributed by atoms with Gasteiger partial charge in [0.2, 0.25) is 5.95 Å². The minimum absolute atomic E-state index is 0. The van der Waals surface area contributed by atoms with Gasteiger partial charge in [0.05, 0.1) is 5.52 Å². The van der Waals surface area contributed by atoms with Crippen LogP contribution in [0.2, 0.25) is 0 Å². The lowest BCUT2D eigenvalue weighted by Crippen LogP contribution is -2.22. The van der Waals surface area contributed by atoms with Gasteiger partial charge >= 0.3 is 6.18 Å². The van der Waals surface area contributed by atoms with Crippen molar-refractivity contribution in [2.45, 2.75) is 31.5 Å². The van der Waals surface area contributed by atoms with Gasteiger partial charge in [-0.3, -0.25) is 4.79 Å². The number of pyridine rings is 1. The number of nitrogens with one attached hydrogen (secondary N) is 1. The van der Waals surface area contributed by atoms with Crippen molar-refractivity contribution in [1.29, 1.82) is 0 Å². The Labute approximate surface area is 198 Å². The van der Waals surface area contributed by atoms with Crippen molar-refractivity contribution in [2.24, 2.45) is 0 Å². The second-order valence-electron chi connectivity index (χ2n) is 8.01. The first-order chi connectivity index (χ1) is 15.8. The molecule has 5 nitrogen and oxygen atoms in total. The van der Waals surface area contributed by atoms with Crippen molar-refractivity contribution < 1.29 is 22.4 Å². The zero-order valence-electron chi connectivity index (χ0n) is 17.6. The van der Waals surface area contributed by atoms with Gasteiger partial charge < -0.3 is 5.32 Å². The molecule has 5 rings (SSSR count). The van der Waals surface area contributed by atoms with Crippen LogP contribution in [0.3, 0.4) is 0 Å². The number of nitrogens with zero attached hydrogens (tertiary/aromatic N) is 3. The molecule has 1 aliphatic carbocycles. The van der Waals surface area contributed by atoms with Gasteiger partial charge in [-0.2, -0.15) is 22.7 Å². The van der Waals surface area contributed by atoms with Crippen molar-refractivity contribution in [2.75, 3.05) is 0 Å². The second kappa shape index (κ2) is 9.06. The normalized spacial score (nSPS) is 13.5. The summed E-state index contributed by atoms with van der Waals surface area (Å²) >= 11 is 0. The first kappa shape index (κ1) is 23.7. The molecule has 176 valence electrons. The molecule has 0 saturated heterocycles. The zero-order valence-corrected chi connectivity index (χ0v) is 18.5. The van der Waals surface area contributed by atoms with Gasteiger partial charge in [0.1, 0.15) is 5.69 Å². The minimum Gasteiger partial charge on any atom is -0.348 e. The number of carbonyl (C=O) groups is 1. The largest absolute Gasteiger partial charge is 0.435 e. The summed E-state index contributed by atoms with van der Waals surface area (Å²) in [5.41, 5.74) is 0.756. The van der Waals surface area contributed by atoms with Crippen LogP contribution in [0.1, 0.15) is 46.1 Å². The maximum atomic E-state index is 14.8. The molecule has 2 aromatic heterocycles. The zero-order chi connectivity index (χ0) is 23.2. The molecule has 1 N–H and O–H groups in total. The molecule has 1 saturated carbocycles. The number of amides is 1. The molecule has 0 bridgehead atoms. The smallest absolute Gasteiger partial charge is 0.348 e. The highest BCUT2D eigenvalue weighted by Gasteiger charge is 2.38. The Morgan fingerprint density at radius 3 is 2.47 bits per heavy atom. The van der Waals surface area contributed by atoms with Crippen LogP contribution in [0.15, 0.2) is 60.7 Å². The first-order valence-corrected chi connectivity index (χ1v) is 10.4. The van der Waals surface area contributed by atoms with Crippen LogP contribution >= 0.6 is 12.4 Å². The summed E-state index contributed by atoms with van der Waals surface area (Å²) in [7, 11) is 0. The van der Waals surface area contributed by atoms with E-state index in [1.165, 1.54) is 6.07 Å². The summed E-state index contributed by atoms with van der Waals surface area (Å²) in [5.74, 6) is -1.21. The maximum absolute atomic E-state index is 14.8. The number of halogens is 5. The van der Waals surface area contributed by atoms with Gasteiger partial charge in [-0.05, 0) is 54.8 Å². The van der Waals surface area contributed by atoms with E-state index < -0.39 is 17.8 Å². The first-order valence-electron chi connectivity index (χ1n) is 10.4. The van der Waals surface area contributed by atoms with Gasteiger partial charge in [0.15, 0.2) is 5.69 Å². The summed E-state index contributed by atoms with van der Waals surface area (Å²) in [6, 6.07) is 16.2. The number of hydrogen-bond donors (Lipinski definition) is 1. The van der Waals surface area contributed by atoms with Crippen molar-refractivity contribution >= 4 is 29.2 Å². The fourth-order valence-corrected chi connectivity index (χ4v) is 3.72. The third-order valence-electron chi connectivity index (χ3n) is 5.55. The molecular weight excluding hydrogens is 472 g/mol. The fourth-order valence-electron chi connectivity index (χ4n) is 3.72. The topological polar surface area (TPSA) is 59.8 Å². The molecule has 0 atom stereocenters. The molecule has 10 heteroatoms. The van der Waals surface area contributed by atoms with Crippen LogP contribution in [0.25, 0.3) is 16.6 Å². The number of hydrogen-bond acceptors (Lipinski definition) is 3. The summed E-state index contributed by atoms with van der Waals surface area (Å²) in [5, 5.41) is 7.00. The van der Waals surface area contributed by atoms with Crippen LogP contribution in [0.5, 0.6) is 0 Å². The molecule has 1 amide bonds. The van der Waals surface area contributed by atoms with Crippen molar-refractivity contribution in [3.05, 3.63) is 89.1 Å². The van der Waals surface area contributed by atoms with E-state index in [1.54, 1.807) is 42.5 Å². The third kappa shape index (κ3) is 4.75. The van der Waals surface area contributed by atoms with Crippen LogP contribution in [-0.4, -0.2) is 20.7 Å². The van der Waals surface area contributed by atoms with Crippen LogP contribution < -0.4 is 5.32 Å². The lowest BCUT2D eigenvalue weighted by molar-refractivity contribution is -0.141. The standard InChI is InChI=1S/C24H18F4N4O.ClH/c25-22-20(32-19(15-7-8-15)12-21(31-32)24(26,27)28)11-17-10-14(6-9-18(17)30-22)13-29-23(33)16-4-2-1-3-5-16;/h1-6,9-12,15H,7-8,13H2,(H,29,33);1H. The number of aromatic nitrogens is 3. The van der Waals surface area contributed by atoms with Crippen LogP contribution in [0.4, 0.5) is 17.6 Å². The van der Waals surface area contributed by atoms with E-state index in [0.717, 1.165) is 29.2 Å². The molecule has 34 heavy (non-hydrogen) atoms. The molecule has 2 heterocycles. The number of alkyl halides is 3. The van der Waals surface area contributed by atoms with Crippen LogP contribution in [-0.2, 0) is 12.7 Å². The number of rotatable bonds is 5. The van der Waals surface area contributed by atoms with Crippen molar-refractivity contribution in [3.8, 4) is 5.69 Å². The van der Waals surface area contributed by atoms with E-state index in [0.29, 0.717) is 22.2 Å². The fraction of sp³-hybridized carbons (Fsp3) is 0.208. The molecule has 4 aromatic rings. The van der Waals surface area contributed by atoms with Crippen molar-refractivity contribution in [1.82, 2.24) is 20.1 Å². The van der Waals surface area contributed by atoms with Crippen LogP contribution in [0, 0.1) is 5.95 Å². The van der Waals surface area contributed by atoms with Gasteiger partial charge in [-0.15, -0.1) is 12.4 Å². The SMILES string of the molecule is Cl.O=C(NCc1ccc2nc(F)c(-n3nc(C(F)(F)F)cc3C3CC3)cc2c1)c1ccccc1. The molecular formula is C24H19ClF4N4O. The summed E-state index contributed by atoms with van der Waals surface area (Å²) in [6.45, 7) is 0.226. The number of carbonyl (C=O) groups excluding carboxylic acids is 1. The molecule has 0 radical (unpaired) electrons. The van der Waals surface area contributed by atoms with E-state index in [9.17, 15) is 22.4 Å². The quantitative estimate of drug-likeness (QED) is 0.284. The minimum atomic E-state index is -4.63.